The van der Waals surface area contributed by atoms with Gasteiger partial charge >= 0.3 is 0 Å². The van der Waals surface area contributed by atoms with Gasteiger partial charge in [-0.15, -0.1) is 0 Å². The summed E-state index contributed by atoms with van der Waals surface area (Å²) in [6, 6.07) is 0. The maximum atomic E-state index is 5.64. The summed E-state index contributed by atoms with van der Waals surface area (Å²) >= 11 is 0. The minimum absolute atomic E-state index is 0.0989. The van der Waals surface area contributed by atoms with Gasteiger partial charge in [0.1, 0.15) is 0 Å². The van der Waals surface area contributed by atoms with Gasteiger partial charge in [-0.3, -0.25) is 0 Å². The van der Waals surface area contributed by atoms with Crippen LogP contribution in [0.15, 0.2) is 0 Å². The Bertz CT molecular complexity index is 142. The van der Waals surface area contributed by atoms with Crippen molar-refractivity contribution in [1.82, 2.24) is 5.32 Å². The summed E-state index contributed by atoms with van der Waals surface area (Å²) in [4.78, 5) is 0. The van der Waals surface area contributed by atoms with Crippen LogP contribution in [0.25, 0.3) is 0 Å². The van der Waals surface area contributed by atoms with Crippen molar-refractivity contribution in [2.45, 2.75) is 32.0 Å². The van der Waals surface area contributed by atoms with Gasteiger partial charge in [0.05, 0.1) is 6.61 Å². The van der Waals surface area contributed by atoms with Crippen molar-refractivity contribution in [2.75, 3.05) is 26.3 Å². The molecule has 0 aromatic carbocycles. The van der Waals surface area contributed by atoms with Crippen LogP contribution in [-0.2, 0) is 9.47 Å². The van der Waals surface area contributed by atoms with E-state index in [-0.39, 0.29) is 6.29 Å². The predicted molar refractivity (Wildman–Crippen MR) is 50.5 cm³/mol. The highest BCUT2D eigenvalue weighted by Crippen LogP contribution is 2.15. The van der Waals surface area contributed by atoms with E-state index in [4.69, 9.17) is 9.47 Å². The number of nitrogens with one attached hydrogen (secondary N) is 1. The Morgan fingerprint density at radius 2 is 2.23 bits per heavy atom. The van der Waals surface area contributed by atoms with E-state index in [0.717, 1.165) is 25.6 Å². The van der Waals surface area contributed by atoms with Crippen molar-refractivity contribution in [1.29, 1.82) is 0 Å². The Kier molecular flexibility index (Phi) is 3.58. The molecule has 1 atom stereocenters. The Hall–Kier alpha value is -0.120. The van der Waals surface area contributed by atoms with Gasteiger partial charge in [-0.2, -0.15) is 0 Å². The van der Waals surface area contributed by atoms with E-state index < -0.39 is 0 Å². The van der Waals surface area contributed by atoms with Crippen molar-refractivity contribution >= 4 is 0 Å². The molecule has 2 fully saturated rings. The normalized spacial score (nSPS) is 30.0. The van der Waals surface area contributed by atoms with Crippen LogP contribution in [-0.4, -0.2) is 32.6 Å². The Balaban J connectivity index is 1.50. The van der Waals surface area contributed by atoms with Crippen LogP contribution >= 0.6 is 0 Å². The van der Waals surface area contributed by atoms with Gasteiger partial charge in [0, 0.05) is 6.61 Å². The summed E-state index contributed by atoms with van der Waals surface area (Å²) < 4.78 is 11.1. The Morgan fingerprint density at radius 3 is 2.85 bits per heavy atom. The molecule has 3 nitrogen and oxygen atoms in total. The molecule has 0 saturated carbocycles. The van der Waals surface area contributed by atoms with Crippen molar-refractivity contribution in [3.05, 3.63) is 0 Å². The summed E-state index contributed by atoms with van der Waals surface area (Å²) in [7, 11) is 0. The number of hydrogen-bond acceptors (Lipinski definition) is 3. The fourth-order valence-electron chi connectivity index (χ4n) is 1.76. The van der Waals surface area contributed by atoms with E-state index in [0.29, 0.717) is 0 Å². The Labute approximate surface area is 79.8 Å². The minimum Gasteiger partial charge on any atom is -0.353 e. The SMILES string of the molecule is C1CCC(OCCC2CNC2)OC1. The first-order valence-electron chi connectivity index (χ1n) is 5.39. The molecular formula is C10H19NO2. The van der Waals surface area contributed by atoms with Crippen LogP contribution in [0, 0.1) is 5.92 Å². The fourth-order valence-corrected chi connectivity index (χ4v) is 1.76. The quantitative estimate of drug-likeness (QED) is 0.712. The lowest BCUT2D eigenvalue weighted by Crippen LogP contribution is -2.42. The van der Waals surface area contributed by atoms with Crippen LogP contribution in [0.2, 0.25) is 0 Å². The number of hydrogen-bond donors (Lipinski definition) is 1. The monoisotopic (exact) mass is 185 g/mol. The number of ether oxygens (including phenoxy) is 2. The van der Waals surface area contributed by atoms with Crippen LogP contribution < -0.4 is 5.32 Å². The highest BCUT2D eigenvalue weighted by molar-refractivity contribution is 4.73. The van der Waals surface area contributed by atoms with Crippen molar-refractivity contribution in [2.24, 2.45) is 5.92 Å². The third kappa shape index (κ3) is 2.93. The van der Waals surface area contributed by atoms with Crippen molar-refractivity contribution in [3.63, 3.8) is 0 Å². The maximum absolute atomic E-state index is 5.64. The highest BCUT2D eigenvalue weighted by atomic mass is 16.7. The molecule has 0 bridgehead atoms. The molecule has 2 heterocycles. The van der Waals surface area contributed by atoms with Gasteiger partial charge in [-0.05, 0) is 44.7 Å². The molecule has 0 aromatic rings. The first kappa shape index (κ1) is 9.44. The van der Waals surface area contributed by atoms with Gasteiger partial charge in [0.2, 0.25) is 0 Å². The van der Waals surface area contributed by atoms with Crippen LogP contribution in [0.5, 0.6) is 0 Å². The zero-order valence-corrected chi connectivity index (χ0v) is 8.13. The first-order valence-corrected chi connectivity index (χ1v) is 5.39. The molecule has 0 aliphatic carbocycles. The average molecular weight is 185 g/mol. The van der Waals surface area contributed by atoms with Gasteiger partial charge in [-0.1, -0.05) is 0 Å². The van der Waals surface area contributed by atoms with E-state index in [1.54, 1.807) is 0 Å². The second-order valence-electron chi connectivity index (χ2n) is 3.98. The lowest BCUT2D eigenvalue weighted by Gasteiger charge is -2.28. The average Bonchev–Trinajstić information content (AvgIpc) is 2.11. The van der Waals surface area contributed by atoms with Gasteiger partial charge in [-0.25, -0.2) is 0 Å². The van der Waals surface area contributed by atoms with E-state index in [2.05, 4.69) is 5.32 Å². The summed E-state index contributed by atoms with van der Waals surface area (Å²) in [5, 5.41) is 3.26. The second kappa shape index (κ2) is 4.94. The Morgan fingerprint density at radius 1 is 1.31 bits per heavy atom. The van der Waals surface area contributed by atoms with Crippen molar-refractivity contribution < 1.29 is 9.47 Å². The summed E-state index contributed by atoms with van der Waals surface area (Å²) in [6.07, 6.45) is 4.83. The smallest absolute Gasteiger partial charge is 0.157 e. The molecule has 2 rings (SSSR count). The lowest BCUT2D eigenvalue weighted by molar-refractivity contribution is -0.164. The zero-order chi connectivity index (χ0) is 8.93. The summed E-state index contributed by atoms with van der Waals surface area (Å²) in [5.41, 5.74) is 0. The molecule has 2 aliphatic heterocycles. The zero-order valence-electron chi connectivity index (χ0n) is 8.13. The molecule has 0 radical (unpaired) electrons. The molecule has 2 aliphatic rings. The topological polar surface area (TPSA) is 30.5 Å². The predicted octanol–water partition coefficient (Wildman–Crippen LogP) is 1.14. The molecule has 13 heavy (non-hydrogen) atoms. The maximum Gasteiger partial charge on any atom is 0.157 e. The second-order valence-corrected chi connectivity index (χ2v) is 3.98. The van der Waals surface area contributed by atoms with Crippen molar-refractivity contribution in [3.8, 4) is 0 Å². The van der Waals surface area contributed by atoms with E-state index in [1.165, 1.54) is 32.4 Å². The molecule has 1 N–H and O–H groups in total. The minimum atomic E-state index is 0.0989. The van der Waals surface area contributed by atoms with E-state index in [1.807, 2.05) is 0 Å². The van der Waals surface area contributed by atoms with E-state index in [9.17, 15) is 0 Å². The van der Waals surface area contributed by atoms with Crippen LogP contribution in [0.4, 0.5) is 0 Å². The molecule has 3 heteroatoms. The first-order chi connectivity index (χ1) is 6.45. The standard InChI is InChI=1S/C10H19NO2/c1-2-5-12-10(3-1)13-6-4-9-7-11-8-9/h9-11H,1-8H2. The number of rotatable bonds is 4. The van der Waals surface area contributed by atoms with Crippen LogP contribution in [0.1, 0.15) is 25.7 Å². The largest absolute Gasteiger partial charge is 0.353 e. The van der Waals surface area contributed by atoms with Crippen LogP contribution in [0.3, 0.4) is 0 Å². The molecular weight excluding hydrogens is 166 g/mol. The lowest BCUT2D eigenvalue weighted by atomic mass is 10.0. The van der Waals surface area contributed by atoms with Gasteiger partial charge in [0.25, 0.3) is 0 Å². The van der Waals surface area contributed by atoms with Gasteiger partial charge < -0.3 is 14.8 Å². The molecule has 0 spiro atoms. The van der Waals surface area contributed by atoms with Gasteiger partial charge in [0.15, 0.2) is 6.29 Å². The third-order valence-electron chi connectivity index (χ3n) is 2.83. The molecule has 0 amide bonds. The highest BCUT2D eigenvalue weighted by Gasteiger charge is 2.18. The third-order valence-corrected chi connectivity index (χ3v) is 2.83. The molecule has 76 valence electrons. The summed E-state index contributed by atoms with van der Waals surface area (Å²) in [5.74, 6) is 0.851. The fraction of sp³-hybridized carbons (Fsp3) is 1.00. The molecule has 1 unspecified atom stereocenters. The molecule has 0 aromatic heterocycles. The molecule has 2 saturated heterocycles. The summed E-state index contributed by atoms with van der Waals surface area (Å²) in [6.45, 7) is 4.11. The van der Waals surface area contributed by atoms with E-state index >= 15 is 0 Å².